The number of anilines is 3. The summed E-state index contributed by atoms with van der Waals surface area (Å²) in [6, 6.07) is 8.96. The second kappa shape index (κ2) is 9.91. The fraction of sp³-hybridized carbons (Fsp3) is 0.278. The molecule has 0 spiro atoms. The zero-order chi connectivity index (χ0) is 21.7. The lowest BCUT2D eigenvalue weighted by atomic mass is 10.2. The average molecular weight is 452 g/mol. The smallest absolute Gasteiger partial charge is 0.274 e. The van der Waals surface area contributed by atoms with E-state index in [9.17, 15) is 10.1 Å². The molecule has 3 aromatic rings. The van der Waals surface area contributed by atoms with E-state index in [-0.39, 0.29) is 5.69 Å². The molecule has 3 N–H and O–H groups in total. The lowest BCUT2D eigenvalue weighted by Crippen LogP contribution is -2.21. The molecule has 0 atom stereocenters. The van der Waals surface area contributed by atoms with Crippen LogP contribution in [-0.2, 0) is 9.37 Å². The van der Waals surface area contributed by atoms with Gasteiger partial charge in [-0.05, 0) is 45.0 Å². The molecule has 0 fully saturated rings. The Kier molecular flexibility index (Phi) is 7.29. The van der Waals surface area contributed by atoms with Crippen LogP contribution >= 0.6 is 23.4 Å². The van der Waals surface area contributed by atoms with Gasteiger partial charge in [-0.2, -0.15) is 0 Å². The average Bonchev–Trinajstić information content (AvgIpc) is 3.13. The Morgan fingerprint density at radius 3 is 2.70 bits per heavy atom. The maximum absolute atomic E-state index is 11.1. The van der Waals surface area contributed by atoms with E-state index >= 15 is 0 Å². The van der Waals surface area contributed by atoms with Crippen molar-refractivity contribution in [3.05, 3.63) is 46.0 Å². The van der Waals surface area contributed by atoms with Gasteiger partial charge < -0.3 is 4.90 Å². The number of nitrogens with zero attached hydrogens (tertiary/aromatic N) is 3. The van der Waals surface area contributed by atoms with E-state index in [1.165, 1.54) is 17.4 Å². The van der Waals surface area contributed by atoms with Crippen molar-refractivity contribution in [2.24, 2.45) is 0 Å². The van der Waals surface area contributed by atoms with Crippen LogP contribution in [0.5, 0.6) is 0 Å². The number of hydrogen-bond acceptors (Lipinski definition) is 11. The number of nitrogens with one attached hydrogen (secondary N) is 2. The van der Waals surface area contributed by atoms with Gasteiger partial charge in [0, 0.05) is 30.4 Å². The molecule has 0 saturated carbocycles. The number of nitro groups is 1. The van der Waals surface area contributed by atoms with Gasteiger partial charge in [-0.1, -0.05) is 16.4 Å². The number of benzene rings is 2. The van der Waals surface area contributed by atoms with Gasteiger partial charge in [0.25, 0.3) is 5.69 Å². The summed E-state index contributed by atoms with van der Waals surface area (Å²) in [6.45, 7) is 7.53. The predicted octanol–water partition coefficient (Wildman–Crippen LogP) is 5.23. The Morgan fingerprint density at radius 2 is 2.03 bits per heavy atom. The van der Waals surface area contributed by atoms with Crippen molar-refractivity contribution in [2.75, 3.05) is 28.8 Å². The molecule has 0 aliphatic carbocycles. The van der Waals surface area contributed by atoms with Gasteiger partial charge in [0.1, 0.15) is 0 Å². The number of thiazole rings is 1. The molecule has 0 saturated heterocycles. The van der Waals surface area contributed by atoms with E-state index in [1.54, 1.807) is 13.0 Å². The minimum Gasteiger partial charge on any atom is -0.372 e. The van der Waals surface area contributed by atoms with Gasteiger partial charge in [0.15, 0.2) is 0 Å². The van der Waals surface area contributed by atoms with Gasteiger partial charge in [-0.15, -0.1) is 4.33 Å². The first-order chi connectivity index (χ1) is 14.5. The summed E-state index contributed by atoms with van der Waals surface area (Å²) in [4.78, 5) is 18.0. The van der Waals surface area contributed by atoms with Crippen LogP contribution in [0.15, 0.2) is 35.2 Å². The molecule has 0 aliphatic rings. The molecule has 1 aromatic heterocycles. The van der Waals surface area contributed by atoms with Crippen molar-refractivity contribution in [1.82, 2.24) is 4.98 Å². The van der Waals surface area contributed by atoms with Gasteiger partial charge in [0.05, 0.1) is 37.8 Å². The number of aromatic nitrogens is 1. The zero-order valence-corrected chi connectivity index (χ0v) is 18.2. The van der Waals surface area contributed by atoms with E-state index in [4.69, 9.17) is 5.26 Å². The minimum absolute atomic E-state index is 0.0409. The Morgan fingerprint density at radius 1 is 1.27 bits per heavy atom. The molecule has 0 aliphatic heterocycles. The Labute approximate surface area is 181 Å². The molecule has 3 rings (SSSR count). The van der Waals surface area contributed by atoms with Crippen LogP contribution in [0.4, 0.5) is 22.2 Å². The molecule has 0 bridgehead atoms. The highest BCUT2D eigenvalue weighted by molar-refractivity contribution is 7.94. The van der Waals surface area contributed by atoms with Gasteiger partial charge in [-0.25, -0.2) is 10.2 Å². The molecular weight excluding hydrogens is 430 g/mol. The normalized spacial score (nSPS) is 10.9. The van der Waals surface area contributed by atoms with Crippen LogP contribution in [0.1, 0.15) is 19.4 Å². The van der Waals surface area contributed by atoms with Crippen LogP contribution in [-0.4, -0.2) is 28.3 Å². The van der Waals surface area contributed by atoms with Crippen molar-refractivity contribution >= 4 is 55.8 Å². The Hall–Kier alpha value is -2.64. The van der Waals surface area contributed by atoms with Crippen molar-refractivity contribution in [2.45, 2.75) is 25.7 Å². The number of rotatable bonds is 10. The van der Waals surface area contributed by atoms with E-state index < -0.39 is 4.92 Å². The lowest BCUT2D eigenvalue weighted by molar-refractivity contribution is -0.432. The second-order valence-electron chi connectivity index (χ2n) is 6.21. The number of nitro benzene ring substituents is 1. The summed E-state index contributed by atoms with van der Waals surface area (Å²) in [6.07, 6.45) is 0. The highest BCUT2D eigenvalue weighted by Crippen LogP contribution is 2.34. The number of aryl methyl sites for hydroxylation is 1. The van der Waals surface area contributed by atoms with Crippen LogP contribution in [0.3, 0.4) is 0 Å². The van der Waals surface area contributed by atoms with Crippen LogP contribution in [0.25, 0.3) is 10.2 Å². The second-order valence-corrected chi connectivity index (χ2v) is 7.98. The van der Waals surface area contributed by atoms with Crippen LogP contribution in [0.2, 0.25) is 0 Å². The van der Waals surface area contributed by atoms with Crippen molar-refractivity contribution in [3.63, 3.8) is 0 Å². The van der Waals surface area contributed by atoms with E-state index in [0.29, 0.717) is 26.8 Å². The highest BCUT2D eigenvalue weighted by atomic mass is 32.2. The third-order valence-corrected chi connectivity index (χ3v) is 6.03. The maximum Gasteiger partial charge on any atom is 0.274 e. The number of hydrazine groups is 1. The first-order valence-electron chi connectivity index (χ1n) is 9.08. The summed E-state index contributed by atoms with van der Waals surface area (Å²) in [7, 11) is 0. The number of fused-ring (bicyclic) bond motifs is 1. The molecule has 12 heteroatoms. The first-order valence-corrected chi connectivity index (χ1v) is 10.6. The van der Waals surface area contributed by atoms with Gasteiger partial charge >= 0.3 is 0 Å². The van der Waals surface area contributed by atoms with Gasteiger partial charge in [0.2, 0.25) is 5.13 Å². The topological polar surface area (TPSA) is 122 Å². The van der Waals surface area contributed by atoms with E-state index in [1.807, 2.05) is 18.2 Å². The van der Waals surface area contributed by atoms with Crippen molar-refractivity contribution < 1.29 is 19.6 Å². The summed E-state index contributed by atoms with van der Waals surface area (Å²) in [5, 5.41) is 23.9. The third kappa shape index (κ3) is 4.91. The minimum atomic E-state index is -0.413. The Balaban J connectivity index is 1.82. The van der Waals surface area contributed by atoms with E-state index in [0.717, 1.165) is 35.5 Å². The monoisotopic (exact) mass is 451 g/mol. The highest BCUT2D eigenvalue weighted by Gasteiger charge is 2.15. The molecule has 2 aromatic carbocycles. The first kappa shape index (κ1) is 22.1. The standard InChI is InChI=1S/C18H21N5O5S2/c1-4-22(5-2)12-6-7-13(17(9-12)30-28-27-26)20-21-18-19-14-10-15(23(24)25)11(3)8-16(14)29-18/h6-10,20,26H,4-5H2,1-3H3,(H,19,21). The molecule has 0 radical (unpaired) electrons. The van der Waals surface area contributed by atoms with Gasteiger partial charge in [-0.3, -0.25) is 21.0 Å². The predicted molar refractivity (Wildman–Crippen MR) is 119 cm³/mol. The van der Waals surface area contributed by atoms with Crippen molar-refractivity contribution in [3.8, 4) is 0 Å². The molecule has 0 unspecified atom stereocenters. The van der Waals surface area contributed by atoms with Crippen LogP contribution in [0, 0.1) is 17.0 Å². The summed E-state index contributed by atoms with van der Waals surface area (Å²) < 4.78 is 5.46. The fourth-order valence-corrected chi connectivity index (χ4v) is 4.34. The largest absolute Gasteiger partial charge is 0.372 e. The molecule has 0 amide bonds. The SMILES string of the molecule is CCN(CC)c1ccc(NNc2nc3cc([N+](=O)[O-])c(C)cc3s2)c(SOOO)c1. The quantitative estimate of drug-likeness (QED) is 0.163. The molecule has 30 heavy (non-hydrogen) atoms. The molecule has 160 valence electrons. The lowest BCUT2D eigenvalue weighted by Gasteiger charge is -2.22. The van der Waals surface area contributed by atoms with Crippen molar-refractivity contribution in [1.29, 1.82) is 0 Å². The summed E-state index contributed by atoms with van der Waals surface area (Å²) in [5.74, 6) is 0. The molecule has 1 heterocycles. The summed E-state index contributed by atoms with van der Waals surface area (Å²) in [5.41, 5.74) is 8.92. The van der Waals surface area contributed by atoms with Crippen LogP contribution < -0.4 is 15.8 Å². The third-order valence-electron chi connectivity index (χ3n) is 4.45. The fourth-order valence-electron chi connectivity index (χ4n) is 2.96. The maximum atomic E-state index is 11.1. The molecule has 10 nitrogen and oxygen atoms in total. The Bertz CT molecular complexity index is 1040. The van der Waals surface area contributed by atoms with E-state index in [2.05, 4.69) is 44.0 Å². The number of hydrogen-bond donors (Lipinski definition) is 3. The zero-order valence-electron chi connectivity index (χ0n) is 16.5. The summed E-state index contributed by atoms with van der Waals surface area (Å²) >= 11 is 2.23. The molecular formula is C18H21N5O5S2.